The summed E-state index contributed by atoms with van der Waals surface area (Å²) in [6, 6.07) is 9.08. The Hall–Kier alpha value is -1.28. The van der Waals surface area contributed by atoms with Crippen molar-refractivity contribution in [1.82, 2.24) is 5.32 Å². The number of hydrogen-bond donors (Lipinski definition) is 1. The van der Waals surface area contributed by atoms with Gasteiger partial charge in [-0.05, 0) is 30.5 Å². The summed E-state index contributed by atoms with van der Waals surface area (Å²) in [5, 5.41) is 3.71. The lowest BCUT2D eigenvalue weighted by Crippen LogP contribution is -2.29. The van der Waals surface area contributed by atoms with Crippen LogP contribution in [0.4, 0.5) is 0 Å². The van der Waals surface area contributed by atoms with Crippen LogP contribution in [-0.2, 0) is 6.54 Å². The first-order valence-electron chi connectivity index (χ1n) is 7.94. The van der Waals surface area contributed by atoms with Crippen molar-refractivity contribution >= 4 is 0 Å². The number of rotatable bonds is 6. The number of ether oxygens (including phenoxy) is 1. The van der Waals surface area contributed by atoms with Gasteiger partial charge in [0.2, 0.25) is 0 Å². The Kier molecular flexibility index (Phi) is 6.65. The molecule has 0 aromatic heterocycles. The molecule has 110 valence electrons. The lowest BCUT2D eigenvalue weighted by molar-refractivity contribution is 0.363. The molecule has 1 aliphatic rings. The molecule has 0 heterocycles. The molecule has 0 radical (unpaired) electrons. The maximum atomic E-state index is 5.50. The predicted molar refractivity (Wildman–Crippen MR) is 85.1 cm³/mol. The minimum absolute atomic E-state index is 0.569. The Morgan fingerprint density at radius 2 is 1.70 bits per heavy atom. The van der Waals surface area contributed by atoms with Crippen LogP contribution >= 0.6 is 0 Å². The van der Waals surface area contributed by atoms with Crippen molar-refractivity contribution in [3.05, 3.63) is 42.5 Å². The van der Waals surface area contributed by atoms with Crippen LogP contribution in [0.2, 0.25) is 0 Å². The molecular weight excluding hydrogens is 246 g/mol. The predicted octanol–water partition coefficient (Wildman–Crippen LogP) is 4.45. The molecule has 0 saturated heterocycles. The van der Waals surface area contributed by atoms with E-state index in [2.05, 4.69) is 24.0 Å². The number of nitrogens with one attached hydrogen (secondary N) is 1. The Bertz CT molecular complexity index is 377. The molecule has 0 bridgehead atoms. The van der Waals surface area contributed by atoms with Crippen molar-refractivity contribution in [1.29, 1.82) is 0 Å². The Balaban J connectivity index is 1.76. The smallest absolute Gasteiger partial charge is 0.119 e. The highest BCUT2D eigenvalue weighted by Crippen LogP contribution is 2.18. The largest absolute Gasteiger partial charge is 0.490 e. The van der Waals surface area contributed by atoms with Crippen LogP contribution in [0.15, 0.2) is 36.9 Å². The van der Waals surface area contributed by atoms with Crippen LogP contribution in [0.25, 0.3) is 0 Å². The van der Waals surface area contributed by atoms with E-state index in [0.717, 1.165) is 12.3 Å². The Morgan fingerprint density at radius 1 is 1.05 bits per heavy atom. The van der Waals surface area contributed by atoms with Gasteiger partial charge in [-0.1, -0.05) is 56.9 Å². The monoisotopic (exact) mass is 273 g/mol. The molecule has 0 atom stereocenters. The number of benzene rings is 1. The molecule has 2 nitrogen and oxygen atoms in total. The quantitative estimate of drug-likeness (QED) is 0.773. The summed E-state index contributed by atoms with van der Waals surface area (Å²) in [6.45, 7) is 5.19. The van der Waals surface area contributed by atoms with Gasteiger partial charge in [0.1, 0.15) is 12.4 Å². The fourth-order valence-electron chi connectivity index (χ4n) is 2.78. The summed E-state index contributed by atoms with van der Waals surface area (Å²) in [5.74, 6) is 0.916. The Labute approximate surface area is 123 Å². The van der Waals surface area contributed by atoms with Crippen molar-refractivity contribution in [3.8, 4) is 5.75 Å². The van der Waals surface area contributed by atoms with E-state index in [0.29, 0.717) is 12.6 Å². The van der Waals surface area contributed by atoms with Gasteiger partial charge in [-0.25, -0.2) is 0 Å². The third-order valence-electron chi connectivity index (χ3n) is 3.99. The van der Waals surface area contributed by atoms with E-state index in [1.165, 1.54) is 50.5 Å². The normalized spacial score (nSPS) is 17.2. The highest BCUT2D eigenvalue weighted by atomic mass is 16.5. The zero-order chi connectivity index (χ0) is 14.0. The summed E-state index contributed by atoms with van der Waals surface area (Å²) >= 11 is 0. The molecule has 0 aliphatic heterocycles. The second-order valence-electron chi connectivity index (χ2n) is 5.67. The van der Waals surface area contributed by atoms with Crippen LogP contribution in [0, 0.1) is 0 Å². The summed E-state index contributed by atoms with van der Waals surface area (Å²) < 4.78 is 5.50. The van der Waals surface area contributed by atoms with Crippen LogP contribution in [0.5, 0.6) is 5.75 Å². The Morgan fingerprint density at radius 3 is 2.35 bits per heavy atom. The van der Waals surface area contributed by atoms with Gasteiger partial charge in [-0.15, -0.1) is 0 Å². The second kappa shape index (κ2) is 8.80. The summed E-state index contributed by atoms with van der Waals surface area (Å²) in [6.07, 6.45) is 11.4. The summed E-state index contributed by atoms with van der Waals surface area (Å²) in [4.78, 5) is 0. The van der Waals surface area contributed by atoms with Gasteiger partial charge >= 0.3 is 0 Å². The molecule has 1 N–H and O–H groups in total. The minimum atomic E-state index is 0.569. The van der Waals surface area contributed by atoms with E-state index in [9.17, 15) is 0 Å². The van der Waals surface area contributed by atoms with Crippen molar-refractivity contribution in [2.45, 2.75) is 57.5 Å². The van der Waals surface area contributed by atoms with Gasteiger partial charge in [0.05, 0.1) is 0 Å². The van der Waals surface area contributed by atoms with Crippen LogP contribution in [0.3, 0.4) is 0 Å². The zero-order valence-electron chi connectivity index (χ0n) is 12.4. The topological polar surface area (TPSA) is 21.3 Å². The molecule has 20 heavy (non-hydrogen) atoms. The molecule has 2 rings (SSSR count). The number of hydrogen-bond acceptors (Lipinski definition) is 2. The lowest BCUT2D eigenvalue weighted by atomic mass is 9.96. The van der Waals surface area contributed by atoms with E-state index in [1.54, 1.807) is 6.08 Å². The van der Waals surface area contributed by atoms with Gasteiger partial charge in [0.15, 0.2) is 0 Å². The van der Waals surface area contributed by atoms with E-state index in [4.69, 9.17) is 4.74 Å². The van der Waals surface area contributed by atoms with E-state index in [1.807, 2.05) is 12.1 Å². The van der Waals surface area contributed by atoms with Crippen LogP contribution in [0.1, 0.15) is 50.5 Å². The second-order valence-corrected chi connectivity index (χ2v) is 5.67. The van der Waals surface area contributed by atoms with E-state index >= 15 is 0 Å². The van der Waals surface area contributed by atoms with Gasteiger partial charge < -0.3 is 10.1 Å². The molecule has 1 fully saturated rings. The van der Waals surface area contributed by atoms with Crippen molar-refractivity contribution in [2.75, 3.05) is 6.61 Å². The average molecular weight is 273 g/mol. The van der Waals surface area contributed by atoms with Crippen molar-refractivity contribution in [3.63, 3.8) is 0 Å². The first-order valence-corrected chi connectivity index (χ1v) is 7.94. The third kappa shape index (κ3) is 5.38. The highest BCUT2D eigenvalue weighted by Gasteiger charge is 2.10. The summed E-state index contributed by atoms with van der Waals surface area (Å²) in [5.41, 5.74) is 1.33. The molecule has 1 aromatic carbocycles. The first-order chi connectivity index (χ1) is 9.88. The van der Waals surface area contributed by atoms with Crippen molar-refractivity contribution < 1.29 is 4.74 Å². The molecule has 1 aromatic rings. The highest BCUT2D eigenvalue weighted by molar-refractivity contribution is 5.27. The third-order valence-corrected chi connectivity index (χ3v) is 3.99. The van der Waals surface area contributed by atoms with Gasteiger partial charge in [0, 0.05) is 12.6 Å². The fourth-order valence-corrected chi connectivity index (χ4v) is 2.78. The SMILES string of the molecule is C=CCOc1ccc(CNC2CCCCCCC2)cc1. The maximum Gasteiger partial charge on any atom is 0.119 e. The standard InChI is InChI=1S/C18H27NO/c1-2-14-20-18-12-10-16(11-13-18)15-19-17-8-6-4-3-5-7-9-17/h2,10-13,17,19H,1,3-9,14-15H2. The van der Waals surface area contributed by atoms with Crippen LogP contribution < -0.4 is 10.1 Å². The maximum absolute atomic E-state index is 5.50. The minimum Gasteiger partial charge on any atom is -0.490 e. The van der Waals surface area contributed by atoms with Gasteiger partial charge in [0.25, 0.3) is 0 Å². The fraction of sp³-hybridized carbons (Fsp3) is 0.556. The first kappa shape index (κ1) is 15.1. The lowest BCUT2D eigenvalue weighted by Gasteiger charge is -2.21. The zero-order valence-corrected chi connectivity index (χ0v) is 12.4. The van der Waals surface area contributed by atoms with Gasteiger partial charge in [-0.3, -0.25) is 0 Å². The average Bonchev–Trinajstić information content (AvgIpc) is 2.45. The van der Waals surface area contributed by atoms with E-state index in [-0.39, 0.29) is 0 Å². The summed E-state index contributed by atoms with van der Waals surface area (Å²) in [7, 11) is 0. The molecule has 1 aliphatic carbocycles. The molecule has 0 unspecified atom stereocenters. The molecule has 0 spiro atoms. The molecular formula is C18H27NO. The molecule has 0 amide bonds. The van der Waals surface area contributed by atoms with Crippen LogP contribution in [-0.4, -0.2) is 12.6 Å². The van der Waals surface area contributed by atoms with Gasteiger partial charge in [-0.2, -0.15) is 0 Å². The van der Waals surface area contributed by atoms with Crippen molar-refractivity contribution in [2.24, 2.45) is 0 Å². The molecule has 1 saturated carbocycles. The molecule has 2 heteroatoms. The van der Waals surface area contributed by atoms with E-state index < -0.39 is 0 Å².